The van der Waals surface area contributed by atoms with E-state index in [-0.39, 0.29) is 24.0 Å². The molecule has 0 spiro atoms. The molecule has 0 fully saturated rings. The Balaban J connectivity index is 0. The number of nitrogens with one attached hydrogen (secondary N) is 2. The largest absolute Gasteiger partial charge is 1.00 e. The quantitative estimate of drug-likeness (QED) is 0.330. The predicted octanol–water partition coefficient (Wildman–Crippen LogP) is -6.25. The summed E-state index contributed by atoms with van der Waals surface area (Å²) in [5.74, 6) is 0. The van der Waals surface area contributed by atoms with Crippen LogP contribution in [0.3, 0.4) is 0 Å². The fourth-order valence-corrected chi connectivity index (χ4v) is 0.175. The van der Waals surface area contributed by atoms with E-state index >= 15 is 0 Å². The van der Waals surface area contributed by atoms with Gasteiger partial charge in [-0.05, 0) is 5.39 Å². The monoisotopic (exact) mass is 236 g/mol. The molecule has 0 aliphatic heterocycles. The SMILES string of the molecule is C[NH+](C)O[NH+]([O-])O.[I-]. The minimum Gasteiger partial charge on any atom is -1.00 e. The van der Waals surface area contributed by atoms with E-state index in [9.17, 15) is 5.21 Å². The summed E-state index contributed by atoms with van der Waals surface area (Å²) in [6, 6.07) is 0. The first-order valence-corrected chi connectivity index (χ1v) is 1.84. The van der Waals surface area contributed by atoms with Crippen LogP contribution in [0.25, 0.3) is 0 Å². The van der Waals surface area contributed by atoms with Crippen LogP contribution in [0.5, 0.6) is 0 Å². The van der Waals surface area contributed by atoms with E-state index in [0.717, 1.165) is 0 Å². The van der Waals surface area contributed by atoms with Crippen LogP contribution in [0.15, 0.2) is 0 Å². The molecule has 52 valence electrons. The lowest BCUT2D eigenvalue weighted by molar-refractivity contribution is -1.39. The number of hydrogen-bond acceptors (Lipinski definition) is 3. The van der Waals surface area contributed by atoms with Gasteiger partial charge in [0.25, 0.3) is 0 Å². The molecule has 0 radical (unpaired) electrons. The third-order valence-electron chi connectivity index (χ3n) is 0.291. The van der Waals surface area contributed by atoms with Gasteiger partial charge in [-0.15, -0.1) is 5.06 Å². The third kappa shape index (κ3) is 9.73. The summed E-state index contributed by atoms with van der Waals surface area (Å²) >= 11 is 0. The van der Waals surface area contributed by atoms with Crippen molar-refractivity contribution in [1.29, 1.82) is 0 Å². The Kier molecular flexibility index (Phi) is 8.03. The van der Waals surface area contributed by atoms with E-state index in [2.05, 4.69) is 4.94 Å². The molecule has 0 aliphatic rings. The normalized spacial score (nSPS) is 13.1. The molecule has 0 aromatic heterocycles. The highest BCUT2D eigenvalue weighted by atomic mass is 127. The highest BCUT2D eigenvalue weighted by Gasteiger charge is 1.94. The van der Waals surface area contributed by atoms with Crippen molar-refractivity contribution < 1.29 is 44.6 Å². The lowest BCUT2D eigenvalue weighted by Crippen LogP contribution is -3.23. The summed E-state index contributed by atoms with van der Waals surface area (Å²) < 4.78 is 0. The lowest BCUT2D eigenvalue weighted by atomic mass is 11.2. The van der Waals surface area contributed by atoms with Gasteiger partial charge in [-0.25, -0.2) is 0 Å². The van der Waals surface area contributed by atoms with Crippen molar-refractivity contribution >= 4 is 0 Å². The minimum absolute atomic E-state index is 0. The van der Waals surface area contributed by atoms with Gasteiger partial charge in [0.2, 0.25) is 0 Å². The van der Waals surface area contributed by atoms with Gasteiger partial charge in [0, 0.05) is 4.94 Å². The zero-order valence-corrected chi connectivity index (χ0v) is 6.80. The lowest BCUT2D eigenvalue weighted by Gasteiger charge is -2.08. The Hall–Kier alpha value is 0.530. The second-order valence-electron chi connectivity index (χ2n) is 1.28. The number of quaternary nitrogens is 2. The molecular formula is C2H9IN2O3. The highest BCUT2D eigenvalue weighted by molar-refractivity contribution is 3.72. The van der Waals surface area contributed by atoms with Crippen LogP contribution in [0.2, 0.25) is 0 Å². The maximum absolute atomic E-state index is 9.57. The van der Waals surface area contributed by atoms with Gasteiger partial charge in [0.1, 0.15) is 14.1 Å². The van der Waals surface area contributed by atoms with E-state index in [4.69, 9.17) is 5.21 Å². The molecule has 6 heteroatoms. The summed E-state index contributed by atoms with van der Waals surface area (Å²) in [6.07, 6.45) is 0. The Morgan fingerprint density at radius 3 is 1.88 bits per heavy atom. The van der Waals surface area contributed by atoms with Gasteiger partial charge >= 0.3 is 0 Å². The molecule has 0 aromatic rings. The van der Waals surface area contributed by atoms with Crippen molar-refractivity contribution in [2.75, 3.05) is 14.1 Å². The van der Waals surface area contributed by atoms with Crippen molar-refractivity contribution in [3.05, 3.63) is 5.21 Å². The maximum atomic E-state index is 9.57. The van der Waals surface area contributed by atoms with Crippen molar-refractivity contribution in [2.45, 2.75) is 0 Å². The van der Waals surface area contributed by atoms with Crippen molar-refractivity contribution in [3.63, 3.8) is 0 Å². The molecule has 3 N–H and O–H groups in total. The van der Waals surface area contributed by atoms with E-state index in [0.29, 0.717) is 5.06 Å². The topological polar surface area (TPSA) is 61.4 Å². The summed E-state index contributed by atoms with van der Waals surface area (Å²) in [4.78, 5) is 4.08. The smallest absolute Gasteiger partial charge is 0.102 e. The molecule has 0 bridgehead atoms. The van der Waals surface area contributed by atoms with E-state index < -0.39 is 5.39 Å². The van der Waals surface area contributed by atoms with Crippen LogP contribution in [-0.2, 0) is 4.94 Å². The first kappa shape index (κ1) is 11.3. The van der Waals surface area contributed by atoms with Crippen molar-refractivity contribution in [2.24, 2.45) is 0 Å². The van der Waals surface area contributed by atoms with Crippen molar-refractivity contribution in [1.82, 2.24) is 0 Å². The van der Waals surface area contributed by atoms with Crippen LogP contribution in [0.4, 0.5) is 0 Å². The Bertz CT molecular complexity index is 44.5. The highest BCUT2D eigenvalue weighted by Crippen LogP contribution is 1.18. The fraction of sp³-hybridized carbons (Fsp3) is 1.00. The maximum Gasteiger partial charge on any atom is 0.102 e. The van der Waals surface area contributed by atoms with Gasteiger partial charge in [-0.1, -0.05) is 0 Å². The summed E-state index contributed by atoms with van der Waals surface area (Å²) in [5.41, 5.74) is 0. The molecule has 0 rings (SSSR count). The number of rotatable bonds is 2. The van der Waals surface area contributed by atoms with Crippen LogP contribution in [-0.4, -0.2) is 19.3 Å². The Morgan fingerprint density at radius 1 is 1.50 bits per heavy atom. The second-order valence-corrected chi connectivity index (χ2v) is 1.28. The molecule has 0 aliphatic carbocycles. The number of hydrogen-bond donors (Lipinski definition) is 3. The van der Waals surface area contributed by atoms with Crippen LogP contribution in [0.1, 0.15) is 0 Å². The van der Waals surface area contributed by atoms with E-state index in [1.165, 1.54) is 0 Å². The molecule has 1 unspecified atom stereocenters. The fourth-order valence-electron chi connectivity index (χ4n) is 0.175. The summed E-state index contributed by atoms with van der Waals surface area (Å²) in [7, 11) is 3.16. The molecule has 0 heterocycles. The zero-order valence-electron chi connectivity index (χ0n) is 4.64. The van der Waals surface area contributed by atoms with Crippen LogP contribution < -0.4 is 34.4 Å². The van der Waals surface area contributed by atoms with Gasteiger partial charge in [0.05, 0.1) is 0 Å². The number of hydroxylamine groups is 2. The van der Waals surface area contributed by atoms with Crippen molar-refractivity contribution in [3.8, 4) is 0 Å². The average Bonchev–Trinajstić information content (AvgIpc) is 1.27. The van der Waals surface area contributed by atoms with Gasteiger partial charge in [0.15, 0.2) is 0 Å². The van der Waals surface area contributed by atoms with Crippen LogP contribution >= 0.6 is 0 Å². The number of halogens is 1. The predicted molar refractivity (Wildman–Crippen MR) is 20.0 cm³/mol. The first-order chi connectivity index (χ1) is 3.13. The molecule has 0 saturated carbocycles. The first-order valence-electron chi connectivity index (χ1n) is 1.84. The molecular weight excluding hydrogens is 227 g/mol. The van der Waals surface area contributed by atoms with Gasteiger partial charge in [-0.2, -0.15) is 5.21 Å². The van der Waals surface area contributed by atoms with Gasteiger partial charge in [-0.3, -0.25) is 0 Å². The third-order valence-corrected chi connectivity index (χ3v) is 0.291. The Morgan fingerprint density at radius 2 is 1.88 bits per heavy atom. The van der Waals surface area contributed by atoms with E-state index in [1.54, 1.807) is 14.1 Å². The molecule has 8 heavy (non-hydrogen) atoms. The van der Waals surface area contributed by atoms with Gasteiger partial charge < -0.3 is 29.2 Å². The standard InChI is InChI=1S/C2H8N2O3.HI/c1-3(2)7-4(5)6;/h4-5H,1-2H3;1H. The average molecular weight is 236 g/mol. The van der Waals surface area contributed by atoms with Crippen LogP contribution in [0, 0.1) is 5.21 Å². The molecule has 0 saturated heterocycles. The summed E-state index contributed by atoms with van der Waals surface area (Å²) in [6.45, 7) is 0. The minimum atomic E-state index is -1.25. The zero-order chi connectivity index (χ0) is 5.86. The second kappa shape index (κ2) is 5.66. The van der Waals surface area contributed by atoms with E-state index in [1.807, 2.05) is 0 Å². The molecule has 1 atom stereocenters. The molecule has 5 nitrogen and oxygen atoms in total. The molecule has 0 amide bonds. The summed E-state index contributed by atoms with van der Waals surface area (Å²) in [5, 5.41) is 16.6. The molecule has 0 aromatic carbocycles. The Labute approximate surface area is 64.3 Å².